The van der Waals surface area contributed by atoms with Crippen LogP contribution in [-0.2, 0) is 6.54 Å². The maximum atomic E-state index is 6.26. The van der Waals surface area contributed by atoms with Gasteiger partial charge in [-0.1, -0.05) is 17.7 Å². The number of hydrogen-bond donors (Lipinski definition) is 2. The van der Waals surface area contributed by atoms with Gasteiger partial charge < -0.3 is 0 Å². The molecule has 1 atom stereocenters. The van der Waals surface area contributed by atoms with Gasteiger partial charge in [0, 0.05) is 18.3 Å². The lowest BCUT2D eigenvalue weighted by Gasteiger charge is -2.17. The van der Waals surface area contributed by atoms with E-state index < -0.39 is 0 Å². The minimum absolute atomic E-state index is 0.259. The molecule has 0 bridgehead atoms. The highest BCUT2D eigenvalue weighted by Gasteiger charge is 2.23. The van der Waals surface area contributed by atoms with E-state index in [-0.39, 0.29) is 6.04 Å². The molecule has 0 saturated carbocycles. The van der Waals surface area contributed by atoms with E-state index in [0.29, 0.717) is 5.02 Å². The second-order valence-corrected chi connectivity index (χ2v) is 4.83. The Morgan fingerprint density at radius 3 is 2.95 bits per heavy atom. The Balaban J connectivity index is 2.16. The number of hydrazine groups is 1. The van der Waals surface area contributed by atoms with Gasteiger partial charge >= 0.3 is 0 Å². The van der Waals surface area contributed by atoms with Gasteiger partial charge in [0.05, 0.1) is 34.7 Å². The maximum Gasteiger partial charge on any atom is 0.0929 e. The number of halogens is 1. The zero-order valence-electron chi connectivity index (χ0n) is 11.0. The molecule has 3 N–H and O–H groups in total. The molecule has 7 heteroatoms. The number of nitrogens with two attached hydrogens (primary N) is 1. The fourth-order valence-electron chi connectivity index (χ4n) is 2.40. The van der Waals surface area contributed by atoms with Crippen molar-refractivity contribution in [2.24, 2.45) is 5.84 Å². The average Bonchev–Trinajstić information content (AvgIpc) is 3.06. The van der Waals surface area contributed by atoms with Gasteiger partial charge in [-0.15, -0.1) is 0 Å². The van der Waals surface area contributed by atoms with Crippen LogP contribution in [-0.4, -0.2) is 19.4 Å². The molecule has 0 spiro atoms. The van der Waals surface area contributed by atoms with Crippen LogP contribution in [0.5, 0.6) is 0 Å². The van der Waals surface area contributed by atoms with E-state index in [4.69, 9.17) is 17.4 Å². The molecular weight excluding hydrogens is 276 g/mol. The predicted octanol–water partition coefficient (Wildman–Crippen LogP) is 1.76. The Morgan fingerprint density at radius 2 is 2.20 bits per heavy atom. The Bertz CT molecular complexity index is 731. The highest BCUT2D eigenvalue weighted by atomic mass is 35.5. The predicted molar refractivity (Wildman–Crippen MR) is 77.3 cm³/mol. The van der Waals surface area contributed by atoms with Gasteiger partial charge in [0.1, 0.15) is 0 Å². The number of pyridine rings is 1. The monoisotopic (exact) mass is 290 g/mol. The standard InChI is InChI=1S/C13H15ClN6/c1-2-19-13(10(14)8-17-19)12(18-15)9-7-16-20-6-4-3-5-11(9)20/h3-8,12,18H,2,15H2,1H3. The summed E-state index contributed by atoms with van der Waals surface area (Å²) in [5.41, 5.74) is 5.60. The normalized spacial score (nSPS) is 12.9. The molecule has 0 aliphatic rings. The summed E-state index contributed by atoms with van der Waals surface area (Å²) in [5, 5.41) is 9.17. The van der Waals surface area contributed by atoms with Crippen LogP contribution in [0.3, 0.4) is 0 Å². The summed E-state index contributed by atoms with van der Waals surface area (Å²) >= 11 is 6.26. The van der Waals surface area contributed by atoms with Crippen molar-refractivity contribution < 1.29 is 0 Å². The van der Waals surface area contributed by atoms with Crippen molar-refractivity contribution in [2.75, 3.05) is 0 Å². The molecular formula is C13H15ClN6. The molecule has 0 saturated heterocycles. The number of nitrogens with one attached hydrogen (secondary N) is 1. The van der Waals surface area contributed by atoms with Crippen LogP contribution in [0.15, 0.2) is 36.8 Å². The summed E-state index contributed by atoms with van der Waals surface area (Å²) in [7, 11) is 0. The van der Waals surface area contributed by atoms with E-state index in [9.17, 15) is 0 Å². The Kier molecular flexibility index (Phi) is 3.43. The van der Waals surface area contributed by atoms with Crippen LogP contribution < -0.4 is 11.3 Å². The van der Waals surface area contributed by atoms with Crippen molar-refractivity contribution in [1.82, 2.24) is 24.8 Å². The number of aromatic nitrogens is 4. The topological polar surface area (TPSA) is 73.2 Å². The number of rotatable bonds is 4. The second kappa shape index (κ2) is 5.24. The lowest BCUT2D eigenvalue weighted by molar-refractivity contribution is 0.545. The third-order valence-electron chi connectivity index (χ3n) is 3.34. The summed E-state index contributed by atoms with van der Waals surface area (Å²) in [5.74, 6) is 5.75. The molecule has 3 aromatic rings. The molecule has 3 aromatic heterocycles. The van der Waals surface area contributed by atoms with Crippen molar-refractivity contribution in [3.63, 3.8) is 0 Å². The maximum absolute atomic E-state index is 6.26. The highest BCUT2D eigenvalue weighted by molar-refractivity contribution is 6.31. The number of nitrogens with zero attached hydrogens (tertiary/aromatic N) is 4. The molecule has 0 fully saturated rings. The van der Waals surface area contributed by atoms with Crippen LogP contribution in [0.1, 0.15) is 24.2 Å². The van der Waals surface area contributed by atoms with Gasteiger partial charge in [-0.25, -0.2) is 9.94 Å². The van der Waals surface area contributed by atoms with Crippen LogP contribution in [0.4, 0.5) is 0 Å². The molecule has 0 aliphatic heterocycles. The quantitative estimate of drug-likeness (QED) is 0.567. The average molecular weight is 291 g/mol. The highest BCUT2D eigenvalue weighted by Crippen LogP contribution is 2.30. The Morgan fingerprint density at radius 1 is 1.35 bits per heavy atom. The number of fused-ring (bicyclic) bond motifs is 1. The molecule has 3 heterocycles. The van der Waals surface area contributed by atoms with E-state index in [1.54, 1.807) is 16.9 Å². The Labute approximate surface area is 121 Å². The van der Waals surface area contributed by atoms with E-state index in [2.05, 4.69) is 15.6 Å². The smallest absolute Gasteiger partial charge is 0.0929 e. The molecule has 104 valence electrons. The minimum atomic E-state index is -0.259. The SMILES string of the molecule is CCn1ncc(Cl)c1C(NN)c1cnn2ccccc12. The summed E-state index contributed by atoms with van der Waals surface area (Å²) in [6, 6.07) is 5.63. The molecule has 20 heavy (non-hydrogen) atoms. The van der Waals surface area contributed by atoms with Gasteiger partial charge in [-0.2, -0.15) is 10.2 Å². The largest absolute Gasteiger partial charge is 0.271 e. The molecule has 0 radical (unpaired) electrons. The van der Waals surface area contributed by atoms with E-state index in [1.807, 2.05) is 36.0 Å². The zero-order valence-corrected chi connectivity index (χ0v) is 11.7. The van der Waals surface area contributed by atoms with Crippen molar-refractivity contribution in [2.45, 2.75) is 19.5 Å². The minimum Gasteiger partial charge on any atom is -0.271 e. The van der Waals surface area contributed by atoms with Gasteiger partial charge in [-0.3, -0.25) is 10.5 Å². The van der Waals surface area contributed by atoms with E-state index in [0.717, 1.165) is 23.3 Å². The molecule has 0 aliphatic carbocycles. The lowest BCUT2D eigenvalue weighted by Crippen LogP contribution is -2.30. The van der Waals surface area contributed by atoms with Crippen LogP contribution in [0.25, 0.3) is 5.52 Å². The van der Waals surface area contributed by atoms with Gasteiger partial charge in [-0.05, 0) is 19.1 Å². The van der Waals surface area contributed by atoms with Gasteiger partial charge in [0.25, 0.3) is 0 Å². The molecule has 0 aromatic carbocycles. The molecule has 1 unspecified atom stereocenters. The molecule has 0 amide bonds. The third-order valence-corrected chi connectivity index (χ3v) is 3.63. The second-order valence-electron chi connectivity index (χ2n) is 4.42. The number of aryl methyl sites for hydroxylation is 1. The fourth-order valence-corrected chi connectivity index (χ4v) is 2.65. The van der Waals surface area contributed by atoms with Crippen molar-refractivity contribution >= 4 is 17.1 Å². The first-order valence-electron chi connectivity index (χ1n) is 6.35. The number of hydrogen-bond acceptors (Lipinski definition) is 4. The first kappa shape index (κ1) is 13.1. The van der Waals surface area contributed by atoms with Crippen LogP contribution >= 0.6 is 11.6 Å². The van der Waals surface area contributed by atoms with Crippen molar-refractivity contribution in [3.05, 3.63) is 53.1 Å². The Hall–Kier alpha value is -1.89. The summed E-state index contributed by atoms with van der Waals surface area (Å²) in [6.07, 6.45) is 5.32. The first-order valence-corrected chi connectivity index (χ1v) is 6.73. The van der Waals surface area contributed by atoms with Crippen LogP contribution in [0.2, 0.25) is 5.02 Å². The van der Waals surface area contributed by atoms with E-state index in [1.165, 1.54) is 0 Å². The first-order chi connectivity index (χ1) is 9.76. The third kappa shape index (κ3) is 1.98. The van der Waals surface area contributed by atoms with Gasteiger partial charge in [0.2, 0.25) is 0 Å². The van der Waals surface area contributed by atoms with Crippen molar-refractivity contribution in [3.8, 4) is 0 Å². The van der Waals surface area contributed by atoms with E-state index >= 15 is 0 Å². The summed E-state index contributed by atoms with van der Waals surface area (Å²) < 4.78 is 3.64. The lowest BCUT2D eigenvalue weighted by atomic mass is 10.1. The summed E-state index contributed by atoms with van der Waals surface area (Å²) in [4.78, 5) is 0. The molecule has 3 rings (SSSR count). The summed E-state index contributed by atoms with van der Waals surface area (Å²) in [6.45, 7) is 2.73. The zero-order chi connectivity index (χ0) is 14.1. The van der Waals surface area contributed by atoms with Gasteiger partial charge in [0.15, 0.2) is 0 Å². The van der Waals surface area contributed by atoms with Crippen LogP contribution in [0, 0.1) is 0 Å². The fraction of sp³-hybridized carbons (Fsp3) is 0.231. The molecule has 6 nitrogen and oxygen atoms in total. The van der Waals surface area contributed by atoms with Crippen molar-refractivity contribution in [1.29, 1.82) is 0 Å².